The van der Waals surface area contributed by atoms with Crippen molar-refractivity contribution in [2.45, 2.75) is 31.3 Å². The molecule has 0 spiro atoms. The number of hydrogen-bond donors (Lipinski definition) is 2. The van der Waals surface area contributed by atoms with Crippen LogP contribution in [0.1, 0.15) is 19.3 Å². The quantitative estimate of drug-likeness (QED) is 0.707. The zero-order valence-electron chi connectivity index (χ0n) is 8.83. The van der Waals surface area contributed by atoms with Crippen LogP contribution in [0.25, 0.3) is 0 Å². The lowest BCUT2D eigenvalue weighted by atomic mass is 10.2. The second kappa shape index (κ2) is 5.32. The van der Waals surface area contributed by atoms with E-state index < -0.39 is 0 Å². The number of rotatable bonds is 3. The Morgan fingerprint density at radius 2 is 2.47 bits per heavy atom. The third-order valence-electron chi connectivity index (χ3n) is 2.83. The SMILES string of the molecule is O=C(NC1CCOC1)OCC1CCCN1. The maximum absolute atomic E-state index is 11.3. The van der Waals surface area contributed by atoms with Crippen molar-refractivity contribution in [3.8, 4) is 0 Å². The van der Waals surface area contributed by atoms with E-state index in [1.165, 1.54) is 6.42 Å². The largest absolute Gasteiger partial charge is 0.448 e. The van der Waals surface area contributed by atoms with Gasteiger partial charge in [0.2, 0.25) is 0 Å². The van der Waals surface area contributed by atoms with Crippen LogP contribution in [0.2, 0.25) is 0 Å². The summed E-state index contributed by atoms with van der Waals surface area (Å²) in [6.07, 6.45) is 2.84. The van der Waals surface area contributed by atoms with E-state index in [4.69, 9.17) is 9.47 Å². The molecule has 5 heteroatoms. The van der Waals surface area contributed by atoms with Crippen molar-refractivity contribution in [1.82, 2.24) is 10.6 Å². The summed E-state index contributed by atoms with van der Waals surface area (Å²) in [4.78, 5) is 11.3. The van der Waals surface area contributed by atoms with Crippen LogP contribution < -0.4 is 10.6 Å². The highest BCUT2D eigenvalue weighted by molar-refractivity contribution is 5.67. The first-order valence-corrected chi connectivity index (χ1v) is 5.59. The second-order valence-corrected chi connectivity index (χ2v) is 4.10. The number of carbonyl (C=O) groups excluding carboxylic acids is 1. The van der Waals surface area contributed by atoms with Crippen molar-refractivity contribution in [2.24, 2.45) is 0 Å². The Kier molecular flexibility index (Phi) is 3.80. The molecule has 2 saturated heterocycles. The average Bonchev–Trinajstić information content (AvgIpc) is 2.86. The maximum atomic E-state index is 11.3. The van der Waals surface area contributed by atoms with E-state index in [0.717, 1.165) is 26.0 Å². The molecule has 86 valence electrons. The van der Waals surface area contributed by atoms with Crippen LogP contribution in [0.4, 0.5) is 4.79 Å². The molecule has 2 fully saturated rings. The molecule has 0 aromatic carbocycles. The second-order valence-electron chi connectivity index (χ2n) is 4.10. The molecule has 0 aliphatic carbocycles. The van der Waals surface area contributed by atoms with E-state index in [2.05, 4.69) is 10.6 Å². The molecule has 0 bridgehead atoms. The molecule has 2 heterocycles. The molecule has 2 unspecified atom stereocenters. The van der Waals surface area contributed by atoms with Gasteiger partial charge in [-0.25, -0.2) is 4.79 Å². The number of hydrogen-bond acceptors (Lipinski definition) is 4. The number of nitrogens with one attached hydrogen (secondary N) is 2. The predicted molar refractivity (Wildman–Crippen MR) is 54.7 cm³/mol. The highest BCUT2D eigenvalue weighted by Crippen LogP contribution is 2.06. The summed E-state index contributed by atoms with van der Waals surface area (Å²) in [5.74, 6) is 0. The van der Waals surface area contributed by atoms with Gasteiger partial charge in [-0.3, -0.25) is 0 Å². The number of amides is 1. The molecule has 2 aliphatic rings. The predicted octanol–water partition coefficient (Wildman–Crippen LogP) is 0.253. The Hall–Kier alpha value is -0.810. The first-order valence-electron chi connectivity index (χ1n) is 5.59. The van der Waals surface area contributed by atoms with Crippen molar-refractivity contribution in [3.63, 3.8) is 0 Å². The number of alkyl carbamates (subject to hydrolysis) is 1. The van der Waals surface area contributed by atoms with Crippen LogP contribution in [0, 0.1) is 0 Å². The van der Waals surface area contributed by atoms with Crippen LogP contribution in [-0.2, 0) is 9.47 Å². The van der Waals surface area contributed by atoms with Crippen molar-refractivity contribution in [1.29, 1.82) is 0 Å². The fraction of sp³-hybridized carbons (Fsp3) is 0.900. The fourth-order valence-corrected chi connectivity index (χ4v) is 1.93. The topological polar surface area (TPSA) is 59.6 Å². The number of carbonyl (C=O) groups is 1. The first-order chi connectivity index (χ1) is 7.34. The standard InChI is InChI=1S/C10H18N2O3/c13-10(12-9-3-5-14-6-9)15-7-8-2-1-4-11-8/h8-9,11H,1-7H2,(H,12,13). The Morgan fingerprint density at radius 1 is 1.53 bits per heavy atom. The summed E-state index contributed by atoms with van der Waals surface area (Å²) in [7, 11) is 0. The normalized spacial score (nSPS) is 30.4. The van der Waals surface area contributed by atoms with Gasteiger partial charge in [0, 0.05) is 12.6 Å². The number of ether oxygens (including phenoxy) is 2. The van der Waals surface area contributed by atoms with Gasteiger partial charge in [-0.05, 0) is 25.8 Å². The molecule has 2 atom stereocenters. The third kappa shape index (κ3) is 3.35. The molecule has 0 radical (unpaired) electrons. The molecule has 2 rings (SSSR count). The van der Waals surface area contributed by atoms with Crippen molar-refractivity contribution >= 4 is 6.09 Å². The van der Waals surface area contributed by atoms with E-state index in [-0.39, 0.29) is 12.1 Å². The minimum absolute atomic E-state index is 0.133. The lowest BCUT2D eigenvalue weighted by Crippen LogP contribution is -2.38. The first kappa shape index (κ1) is 10.7. The summed E-state index contributed by atoms with van der Waals surface area (Å²) < 4.78 is 10.3. The van der Waals surface area contributed by atoms with Crippen LogP contribution in [-0.4, -0.2) is 44.5 Å². The molecule has 2 N–H and O–H groups in total. The molecule has 0 saturated carbocycles. The smallest absolute Gasteiger partial charge is 0.407 e. The molecular weight excluding hydrogens is 196 g/mol. The molecule has 15 heavy (non-hydrogen) atoms. The van der Waals surface area contributed by atoms with Crippen LogP contribution in [0.15, 0.2) is 0 Å². The van der Waals surface area contributed by atoms with Gasteiger partial charge in [-0.15, -0.1) is 0 Å². The van der Waals surface area contributed by atoms with Gasteiger partial charge in [-0.2, -0.15) is 0 Å². The van der Waals surface area contributed by atoms with Gasteiger partial charge in [0.05, 0.1) is 12.6 Å². The highest BCUT2D eigenvalue weighted by Gasteiger charge is 2.20. The summed E-state index contributed by atoms with van der Waals surface area (Å²) >= 11 is 0. The zero-order chi connectivity index (χ0) is 10.5. The molecule has 5 nitrogen and oxygen atoms in total. The molecule has 0 aromatic rings. The van der Waals surface area contributed by atoms with Crippen molar-refractivity contribution in [3.05, 3.63) is 0 Å². The van der Waals surface area contributed by atoms with Gasteiger partial charge < -0.3 is 20.1 Å². The highest BCUT2D eigenvalue weighted by atomic mass is 16.5. The van der Waals surface area contributed by atoms with E-state index in [1.54, 1.807) is 0 Å². The summed E-state index contributed by atoms with van der Waals surface area (Å²) in [6, 6.07) is 0.476. The Bertz CT molecular complexity index is 211. The lowest BCUT2D eigenvalue weighted by Gasteiger charge is -2.13. The van der Waals surface area contributed by atoms with E-state index in [1.807, 2.05) is 0 Å². The lowest BCUT2D eigenvalue weighted by molar-refractivity contribution is 0.129. The maximum Gasteiger partial charge on any atom is 0.407 e. The molecular formula is C10H18N2O3. The van der Waals surface area contributed by atoms with E-state index in [0.29, 0.717) is 19.3 Å². The summed E-state index contributed by atoms with van der Waals surface area (Å²) in [6.45, 7) is 2.84. The van der Waals surface area contributed by atoms with Crippen LogP contribution >= 0.6 is 0 Å². The van der Waals surface area contributed by atoms with Gasteiger partial charge in [0.15, 0.2) is 0 Å². The van der Waals surface area contributed by atoms with E-state index >= 15 is 0 Å². The van der Waals surface area contributed by atoms with Gasteiger partial charge in [0.25, 0.3) is 0 Å². The fourth-order valence-electron chi connectivity index (χ4n) is 1.93. The average molecular weight is 214 g/mol. The van der Waals surface area contributed by atoms with Gasteiger partial charge >= 0.3 is 6.09 Å². The molecule has 1 amide bonds. The minimum atomic E-state index is -0.320. The van der Waals surface area contributed by atoms with Gasteiger partial charge in [-0.1, -0.05) is 0 Å². The van der Waals surface area contributed by atoms with Gasteiger partial charge in [0.1, 0.15) is 6.61 Å². The molecule has 0 aromatic heterocycles. The summed E-state index contributed by atoms with van der Waals surface area (Å²) in [5.41, 5.74) is 0. The van der Waals surface area contributed by atoms with Crippen LogP contribution in [0.3, 0.4) is 0 Å². The minimum Gasteiger partial charge on any atom is -0.448 e. The third-order valence-corrected chi connectivity index (χ3v) is 2.83. The Morgan fingerprint density at radius 3 is 3.13 bits per heavy atom. The molecule has 2 aliphatic heterocycles. The van der Waals surface area contributed by atoms with E-state index in [9.17, 15) is 4.79 Å². The van der Waals surface area contributed by atoms with Crippen molar-refractivity contribution < 1.29 is 14.3 Å². The zero-order valence-corrected chi connectivity index (χ0v) is 8.83. The van der Waals surface area contributed by atoms with Crippen LogP contribution in [0.5, 0.6) is 0 Å². The Labute approximate surface area is 89.5 Å². The van der Waals surface area contributed by atoms with Crippen molar-refractivity contribution in [2.75, 3.05) is 26.4 Å². The summed E-state index contributed by atoms with van der Waals surface area (Å²) in [5, 5.41) is 6.06. The monoisotopic (exact) mass is 214 g/mol. The Balaban J connectivity index is 1.59.